The summed E-state index contributed by atoms with van der Waals surface area (Å²) in [6.07, 6.45) is 9.59. The van der Waals surface area contributed by atoms with Crippen LogP contribution in [0.1, 0.15) is 69.7 Å². The smallest absolute Gasteiger partial charge is 0.268 e. The number of sulfonamides is 1. The van der Waals surface area contributed by atoms with Crippen molar-refractivity contribution in [3.05, 3.63) is 53.4 Å². The number of carbonyl (C=O) groups is 1. The number of anilines is 1. The van der Waals surface area contributed by atoms with E-state index in [1.165, 1.54) is 41.9 Å². The lowest BCUT2D eigenvalue weighted by atomic mass is 9.94. The molecule has 1 atom stereocenters. The third-order valence-corrected chi connectivity index (χ3v) is 9.58. The molecule has 0 spiro atoms. The first kappa shape index (κ1) is 30.2. The minimum absolute atomic E-state index is 0.0857. The predicted molar refractivity (Wildman–Crippen MR) is 161 cm³/mol. The summed E-state index contributed by atoms with van der Waals surface area (Å²) >= 11 is 6.27. The molecule has 1 aliphatic heterocycles. The zero-order valence-electron chi connectivity index (χ0n) is 24.2. The van der Waals surface area contributed by atoms with Gasteiger partial charge in [0, 0.05) is 30.5 Å². The molecule has 5 rings (SSSR count). The van der Waals surface area contributed by atoms with Gasteiger partial charge in [0.05, 0.1) is 12.2 Å². The fraction of sp³-hybridized carbons (Fsp3) is 0.517. The minimum atomic E-state index is -4.18. The Morgan fingerprint density at radius 1 is 1.19 bits per heavy atom. The number of carbonyl (C=O) groups excluding carboxylic acids is 1. The summed E-state index contributed by atoms with van der Waals surface area (Å²) in [5.41, 5.74) is 0.510. The second-order valence-corrected chi connectivity index (χ2v) is 14.3. The zero-order valence-corrected chi connectivity index (χ0v) is 25.8. The Morgan fingerprint density at radius 3 is 2.67 bits per heavy atom. The van der Waals surface area contributed by atoms with E-state index in [4.69, 9.17) is 16.3 Å². The van der Waals surface area contributed by atoms with Gasteiger partial charge in [-0.25, -0.2) is 27.8 Å². The van der Waals surface area contributed by atoms with Gasteiger partial charge in [-0.15, -0.1) is 5.10 Å². The van der Waals surface area contributed by atoms with Crippen LogP contribution in [0.25, 0.3) is 5.82 Å². The second kappa shape index (κ2) is 12.2. The number of ether oxygens (including phenoxy) is 1. The fourth-order valence-electron chi connectivity index (χ4n) is 5.08. The summed E-state index contributed by atoms with van der Waals surface area (Å²) in [5, 5.41) is 11.0. The third kappa shape index (κ3) is 7.78. The monoisotopic (exact) mass is 615 g/mol. The van der Waals surface area contributed by atoms with Crippen molar-refractivity contribution in [3.8, 4) is 11.7 Å². The van der Waals surface area contributed by atoms with Gasteiger partial charge >= 0.3 is 0 Å². The van der Waals surface area contributed by atoms with Gasteiger partial charge in [-0.05, 0) is 94.5 Å². The molecule has 1 aliphatic carbocycles. The van der Waals surface area contributed by atoms with E-state index in [2.05, 4.69) is 46.5 Å². The molecule has 4 heterocycles. The number of hydrogen-bond donors (Lipinski definition) is 3. The van der Waals surface area contributed by atoms with Gasteiger partial charge in [-0.1, -0.05) is 18.5 Å². The molecule has 1 saturated heterocycles. The van der Waals surface area contributed by atoms with Crippen molar-refractivity contribution >= 4 is 33.3 Å². The van der Waals surface area contributed by atoms with E-state index in [0.29, 0.717) is 35.5 Å². The summed E-state index contributed by atoms with van der Waals surface area (Å²) in [6, 6.07) is 7.64. The van der Waals surface area contributed by atoms with Crippen LogP contribution in [0.2, 0.25) is 5.15 Å². The highest BCUT2D eigenvalue weighted by Crippen LogP contribution is 2.47. The predicted octanol–water partition coefficient (Wildman–Crippen LogP) is 4.58. The minimum Gasteiger partial charge on any atom is -0.477 e. The summed E-state index contributed by atoms with van der Waals surface area (Å²) in [7, 11) is -4.18. The van der Waals surface area contributed by atoms with Gasteiger partial charge in [0.25, 0.3) is 15.9 Å². The number of hydrogen-bond acceptors (Lipinski definition) is 9. The molecule has 3 aromatic heterocycles. The third-order valence-electron chi connectivity index (χ3n) is 7.97. The average Bonchev–Trinajstić information content (AvgIpc) is 3.31. The van der Waals surface area contributed by atoms with E-state index in [0.717, 1.165) is 38.8 Å². The van der Waals surface area contributed by atoms with Crippen molar-refractivity contribution in [2.75, 3.05) is 25.0 Å². The Morgan fingerprint density at radius 2 is 2.00 bits per heavy atom. The summed E-state index contributed by atoms with van der Waals surface area (Å²) in [5.74, 6) is 1.15. The maximum absolute atomic E-state index is 12.9. The van der Waals surface area contributed by atoms with Crippen LogP contribution in [-0.4, -0.2) is 59.3 Å². The Labute approximate surface area is 251 Å². The van der Waals surface area contributed by atoms with E-state index < -0.39 is 15.9 Å². The van der Waals surface area contributed by atoms with Crippen molar-refractivity contribution in [1.29, 1.82) is 0 Å². The Kier molecular flexibility index (Phi) is 8.77. The van der Waals surface area contributed by atoms with Gasteiger partial charge in [0.2, 0.25) is 5.88 Å². The standard InChI is InChI=1S/C29H38ClN7O4S/c1-28(2)17-20(18-33-28)5-4-14-31-23-8-6-21(19-32-23)42(39,40)36-27(38)22-7-9-24(34-26(22)30)37-15-10-25(35-37)41-16-13-29(3)11-12-29/h6-10,15,19-20,33H,4-5,11-14,16-18H2,1-3H3,(H,31,32)(H,36,38). The summed E-state index contributed by atoms with van der Waals surface area (Å²) < 4.78 is 35.0. The van der Waals surface area contributed by atoms with E-state index >= 15 is 0 Å². The molecule has 2 fully saturated rings. The van der Waals surface area contributed by atoms with Crippen molar-refractivity contribution in [2.24, 2.45) is 11.3 Å². The van der Waals surface area contributed by atoms with Crippen LogP contribution in [0.3, 0.4) is 0 Å². The largest absolute Gasteiger partial charge is 0.477 e. The molecule has 3 aromatic rings. The van der Waals surface area contributed by atoms with Crippen molar-refractivity contribution in [2.45, 2.75) is 69.7 Å². The van der Waals surface area contributed by atoms with Gasteiger partial charge in [-0.2, -0.15) is 0 Å². The molecule has 226 valence electrons. The van der Waals surface area contributed by atoms with Gasteiger partial charge in [-0.3, -0.25) is 4.79 Å². The van der Waals surface area contributed by atoms with Crippen molar-refractivity contribution in [3.63, 3.8) is 0 Å². The lowest BCUT2D eigenvalue weighted by Crippen LogP contribution is -2.31. The van der Waals surface area contributed by atoms with Gasteiger partial charge in [0.15, 0.2) is 5.82 Å². The number of amides is 1. The zero-order chi connectivity index (χ0) is 30.0. The molecule has 0 radical (unpaired) electrons. The highest BCUT2D eigenvalue weighted by Gasteiger charge is 2.36. The topological polar surface area (TPSA) is 140 Å². The number of rotatable bonds is 13. The maximum atomic E-state index is 12.9. The van der Waals surface area contributed by atoms with E-state index in [-0.39, 0.29) is 21.2 Å². The van der Waals surface area contributed by atoms with Crippen LogP contribution >= 0.6 is 11.6 Å². The number of aromatic nitrogens is 4. The van der Waals surface area contributed by atoms with Crippen LogP contribution in [0.4, 0.5) is 5.82 Å². The SMILES string of the molecule is CC1(CCOc2ccn(-c3ccc(C(=O)NS(=O)(=O)c4ccc(NCCCC5CNC(C)(C)C5)nc4)c(Cl)n3)n2)CC1. The fourth-order valence-corrected chi connectivity index (χ4v) is 6.22. The van der Waals surface area contributed by atoms with Gasteiger partial charge in [0.1, 0.15) is 15.9 Å². The van der Waals surface area contributed by atoms with E-state index in [1.807, 2.05) is 4.72 Å². The average molecular weight is 616 g/mol. The quantitative estimate of drug-likeness (QED) is 0.186. The Hall–Kier alpha value is -3.22. The molecule has 1 saturated carbocycles. The van der Waals surface area contributed by atoms with Crippen molar-refractivity contribution in [1.82, 2.24) is 29.8 Å². The van der Waals surface area contributed by atoms with Crippen LogP contribution in [0.5, 0.6) is 5.88 Å². The second-order valence-electron chi connectivity index (χ2n) is 12.2. The molecule has 0 aromatic carbocycles. The first-order chi connectivity index (χ1) is 19.9. The highest BCUT2D eigenvalue weighted by molar-refractivity contribution is 7.90. The number of nitrogens with zero attached hydrogens (tertiary/aromatic N) is 4. The van der Waals surface area contributed by atoms with Crippen LogP contribution in [-0.2, 0) is 10.0 Å². The summed E-state index contributed by atoms with van der Waals surface area (Å²) in [6.45, 7) is 9.04. The molecule has 11 nitrogen and oxygen atoms in total. The lowest BCUT2D eigenvalue weighted by molar-refractivity contribution is 0.0981. The van der Waals surface area contributed by atoms with Crippen LogP contribution in [0, 0.1) is 11.3 Å². The molecule has 1 unspecified atom stereocenters. The molecule has 3 N–H and O–H groups in total. The molecular formula is C29H38ClN7O4S. The first-order valence-electron chi connectivity index (χ1n) is 14.3. The maximum Gasteiger partial charge on any atom is 0.268 e. The highest BCUT2D eigenvalue weighted by atomic mass is 35.5. The lowest BCUT2D eigenvalue weighted by Gasteiger charge is -2.17. The Bertz CT molecular complexity index is 1520. The molecule has 13 heteroatoms. The molecule has 2 aliphatic rings. The first-order valence-corrected chi connectivity index (χ1v) is 16.2. The molecule has 42 heavy (non-hydrogen) atoms. The van der Waals surface area contributed by atoms with Crippen LogP contribution < -0.4 is 20.1 Å². The normalized spacial score (nSPS) is 18.9. The van der Waals surface area contributed by atoms with Crippen molar-refractivity contribution < 1.29 is 17.9 Å². The number of pyridine rings is 2. The number of nitrogens with one attached hydrogen (secondary N) is 3. The van der Waals surface area contributed by atoms with E-state index in [9.17, 15) is 13.2 Å². The van der Waals surface area contributed by atoms with Gasteiger partial charge < -0.3 is 15.4 Å². The molecular weight excluding hydrogens is 578 g/mol. The summed E-state index contributed by atoms with van der Waals surface area (Å²) in [4.78, 5) is 21.1. The Balaban J connectivity index is 1.12. The number of halogens is 1. The van der Waals surface area contributed by atoms with E-state index in [1.54, 1.807) is 18.3 Å². The molecule has 1 amide bonds. The molecule has 0 bridgehead atoms. The van der Waals surface area contributed by atoms with Crippen LogP contribution in [0.15, 0.2) is 47.6 Å².